The van der Waals surface area contributed by atoms with Gasteiger partial charge >= 0.3 is 0 Å². The third-order valence-corrected chi connectivity index (χ3v) is 3.63. The zero-order valence-electron chi connectivity index (χ0n) is 15.1. The molecule has 26 heavy (non-hydrogen) atoms. The average molecular weight is 356 g/mol. The standard InChI is InChI=1S/C20H24N2O4/c1-3-10-26-17-9-8-16(12-18(17)25-4-2)20(24)22-13-14-6-5-7-15(11-14)19(21)23/h5-9,11-12H,3-4,10,13H2,1-2H3,(H2,21,23)(H,22,24). The van der Waals surface area contributed by atoms with Gasteiger partial charge in [0.15, 0.2) is 11.5 Å². The first-order chi connectivity index (χ1) is 12.5. The molecule has 6 heteroatoms. The van der Waals surface area contributed by atoms with Crippen LogP contribution >= 0.6 is 0 Å². The number of hydrogen-bond donors (Lipinski definition) is 2. The molecule has 0 saturated carbocycles. The molecule has 0 aliphatic heterocycles. The van der Waals surface area contributed by atoms with Crippen molar-refractivity contribution in [2.75, 3.05) is 13.2 Å². The summed E-state index contributed by atoms with van der Waals surface area (Å²) in [5.41, 5.74) is 6.95. The molecule has 0 spiro atoms. The van der Waals surface area contributed by atoms with Crippen molar-refractivity contribution in [3.05, 3.63) is 59.2 Å². The second kappa shape index (κ2) is 9.46. The van der Waals surface area contributed by atoms with Gasteiger partial charge in [-0.3, -0.25) is 9.59 Å². The van der Waals surface area contributed by atoms with Crippen LogP contribution < -0.4 is 20.5 Å². The fourth-order valence-electron chi connectivity index (χ4n) is 2.37. The highest BCUT2D eigenvalue weighted by molar-refractivity contribution is 5.95. The van der Waals surface area contributed by atoms with Gasteiger partial charge in [-0.25, -0.2) is 0 Å². The summed E-state index contributed by atoms with van der Waals surface area (Å²) >= 11 is 0. The largest absolute Gasteiger partial charge is 0.490 e. The maximum atomic E-state index is 12.4. The molecular formula is C20H24N2O4. The number of amides is 2. The molecule has 0 unspecified atom stereocenters. The quantitative estimate of drug-likeness (QED) is 0.723. The Morgan fingerprint density at radius 1 is 1.00 bits per heavy atom. The van der Waals surface area contributed by atoms with Gasteiger partial charge in [0.1, 0.15) is 0 Å². The maximum Gasteiger partial charge on any atom is 0.251 e. The van der Waals surface area contributed by atoms with E-state index in [9.17, 15) is 9.59 Å². The Morgan fingerprint density at radius 3 is 2.50 bits per heavy atom. The second-order valence-corrected chi connectivity index (χ2v) is 5.69. The number of rotatable bonds is 9. The van der Waals surface area contributed by atoms with Gasteiger partial charge in [0.25, 0.3) is 5.91 Å². The number of carbonyl (C=O) groups excluding carboxylic acids is 2. The first-order valence-electron chi connectivity index (χ1n) is 8.61. The lowest BCUT2D eigenvalue weighted by atomic mass is 10.1. The normalized spacial score (nSPS) is 10.2. The molecule has 6 nitrogen and oxygen atoms in total. The van der Waals surface area contributed by atoms with Crippen LogP contribution in [0.4, 0.5) is 0 Å². The molecule has 0 saturated heterocycles. The molecule has 0 radical (unpaired) electrons. The van der Waals surface area contributed by atoms with Crippen LogP contribution in [0.3, 0.4) is 0 Å². The Bertz CT molecular complexity index is 774. The lowest BCUT2D eigenvalue weighted by Gasteiger charge is -2.13. The number of nitrogens with two attached hydrogens (primary N) is 1. The smallest absolute Gasteiger partial charge is 0.251 e. The van der Waals surface area contributed by atoms with Crippen LogP contribution in [0.2, 0.25) is 0 Å². The van der Waals surface area contributed by atoms with Gasteiger partial charge in [0, 0.05) is 17.7 Å². The van der Waals surface area contributed by atoms with Crippen molar-refractivity contribution in [3.8, 4) is 11.5 Å². The molecule has 0 heterocycles. The number of hydrogen-bond acceptors (Lipinski definition) is 4. The van der Waals surface area contributed by atoms with Crippen LogP contribution in [-0.2, 0) is 6.54 Å². The summed E-state index contributed by atoms with van der Waals surface area (Å²) in [6, 6.07) is 12.0. The third kappa shape index (κ3) is 5.24. The van der Waals surface area contributed by atoms with E-state index < -0.39 is 5.91 Å². The van der Waals surface area contributed by atoms with Gasteiger partial charge in [0.05, 0.1) is 13.2 Å². The van der Waals surface area contributed by atoms with E-state index in [-0.39, 0.29) is 12.5 Å². The van der Waals surface area contributed by atoms with Gasteiger partial charge < -0.3 is 20.5 Å². The monoisotopic (exact) mass is 356 g/mol. The average Bonchev–Trinajstić information content (AvgIpc) is 2.65. The number of carbonyl (C=O) groups is 2. The molecule has 0 aliphatic carbocycles. The van der Waals surface area contributed by atoms with Gasteiger partial charge in [0.2, 0.25) is 5.91 Å². The predicted molar refractivity (Wildman–Crippen MR) is 99.5 cm³/mol. The minimum atomic E-state index is -0.498. The summed E-state index contributed by atoms with van der Waals surface area (Å²) < 4.78 is 11.2. The fraction of sp³-hybridized carbons (Fsp3) is 0.300. The van der Waals surface area contributed by atoms with E-state index in [1.165, 1.54) is 0 Å². The van der Waals surface area contributed by atoms with Gasteiger partial charge in [-0.15, -0.1) is 0 Å². The van der Waals surface area contributed by atoms with Crippen LogP contribution in [0, 0.1) is 0 Å². The number of ether oxygens (including phenoxy) is 2. The zero-order valence-corrected chi connectivity index (χ0v) is 15.1. The van der Waals surface area contributed by atoms with Crippen LogP contribution in [0.5, 0.6) is 11.5 Å². The first kappa shape index (κ1) is 19.3. The molecule has 2 aromatic rings. The molecule has 2 amide bonds. The van der Waals surface area contributed by atoms with E-state index >= 15 is 0 Å². The zero-order chi connectivity index (χ0) is 18.9. The van der Waals surface area contributed by atoms with Crippen LogP contribution in [0.1, 0.15) is 46.5 Å². The first-order valence-corrected chi connectivity index (χ1v) is 8.61. The van der Waals surface area contributed by atoms with Gasteiger partial charge in [-0.1, -0.05) is 19.1 Å². The SMILES string of the molecule is CCCOc1ccc(C(=O)NCc2cccc(C(N)=O)c2)cc1OCC. The highest BCUT2D eigenvalue weighted by atomic mass is 16.5. The molecular weight excluding hydrogens is 332 g/mol. The molecule has 3 N–H and O–H groups in total. The lowest BCUT2D eigenvalue weighted by Crippen LogP contribution is -2.23. The summed E-state index contributed by atoms with van der Waals surface area (Å²) in [6.07, 6.45) is 0.887. The van der Waals surface area contributed by atoms with E-state index in [0.717, 1.165) is 12.0 Å². The second-order valence-electron chi connectivity index (χ2n) is 5.69. The molecule has 0 fully saturated rings. The lowest BCUT2D eigenvalue weighted by molar-refractivity contribution is 0.0949. The summed E-state index contributed by atoms with van der Waals surface area (Å²) in [5.74, 6) is 0.434. The number of nitrogens with one attached hydrogen (secondary N) is 1. The Labute approximate surface area is 153 Å². The fourth-order valence-corrected chi connectivity index (χ4v) is 2.37. The van der Waals surface area contributed by atoms with Gasteiger partial charge in [-0.05, 0) is 49.2 Å². The van der Waals surface area contributed by atoms with E-state index in [1.807, 2.05) is 19.9 Å². The Morgan fingerprint density at radius 2 is 1.81 bits per heavy atom. The van der Waals surface area contributed by atoms with Crippen molar-refractivity contribution < 1.29 is 19.1 Å². The molecule has 138 valence electrons. The van der Waals surface area contributed by atoms with E-state index in [1.54, 1.807) is 36.4 Å². The molecule has 0 atom stereocenters. The summed E-state index contributed by atoms with van der Waals surface area (Å²) in [6.45, 7) is 5.25. The van der Waals surface area contributed by atoms with Crippen molar-refractivity contribution in [3.63, 3.8) is 0 Å². The van der Waals surface area contributed by atoms with E-state index in [4.69, 9.17) is 15.2 Å². The summed E-state index contributed by atoms with van der Waals surface area (Å²) in [4.78, 5) is 23.6. The van der Waals surface area contributed by atoms with E-state index in [0.29, 0.717) is 35.8 Å². The molecule has 2 rings (SSSR count). The van der Waals surface area contributed by atoms with Crippen molar-refractivity contribution in [1.29, 1.82) is 0 Å². The summed E-state index contributed by atoms with van der Waals surface area (Å²) in [7, 11) is 0. The van der Waals surface area contributed by atoms with Crippen molar-refractivity contribution in [2.45, 2.75) is 26.8 Å². The van der Waals surface area contributed by atoms with Crippen LogP contribution in [0.15, 0.2) is 42.5 Å². The minimum absolute atomic E-state index is 0.238. The number of benzene rings is 2. The summed E-state index contributed by atoms with van der Waals surface area (Å²) in [5, 5.41) is 2.83. The highest BCUT2D eigenvalue weighted by Crippen LogP contribution is 2.28. The predicted octanol–water partition coefficient (Wildman–Crippen LogP) is 2.90. The van der Waals surface area contributed by atoms with Crippen molar-refractivity contribution in [2.24, 2.45) is 5.73 Å². The third-order valence-electron chi connectivity index (χ3n) is 3.63. The molecule has 0 bridgehead atoms. The Kier molecular flexibility index (Phi) is 7.02. The van der Waals surface area contributed by atoms with Crippen LogP contribution in [0.25, 0.3) is 0 Å². The minimum Gasteiger partial charge on any atom is -0.490 e. The maximum absolute atomic E-state index is 12.4. The molecule has 2 aromatic carbocycles. The highest BCUT2D eigenvalue weighted by Gasteiger charge is 2.12. The van der Waals surface area contributed by atoms with Crippen molar-refractivity contribution in [1.82, 2.24) is 5.32 Å². The van der Waals surface area contributed by atoms with Gasteiger partial charge in [-0.2, -0.15) is 0 Å². The number of primary amides is 1. The van der Waals surface area contributed by atoms with E-state index in [2.05, 4.69) is 5.32 Å². The topological polar surface area (TPSA) is 90.6 Å². The van der Waals surface area contributed by atoms with Crippen LogP contribution in [-0.4, -0.2) is 25.0 Å². The Balaban J connectivity index is 2.07. The Hall–Kier alpha value is -3.02. The molecule has 0 aliphatic rings. The van der Waals surface area contributed by atoms with Crippen molar-refractivity contribution >= 4 is 11.8 Å². The molecule has 0 aromatic heterocycles.